The van der Waals surface area contributed by atoms with E-state index in [1.807, 2.05) is 12.3 Å². The molecule has 0 fully saturated rings. The van der Waals surface area contributed by atoms with Crippen molar-refractivity contribution in [2.45, 2.75) is 13.0 Å². The molecular weight excluding hydrogens is 198 g/mol. The quantitative estimate of drug-likeness (QED) is 0.750. The Hall–Kier alpha value is 0.140. The van der Waals surface area contributed by atoms with Crippen LogP contribution in [0.4, 0.5) is 0 Å². The molecule has 0 saturated carbocycles. The third-order valence-corrected chi connectivity index (χ3v) is 2.93. The lowest BCUT2D eigenvalue weighted by atomic mass is 10.3. The van der Waals surface area contributed by atoms with E-state index in [0.29, 0.717) is 0 Å². The van der Waals surface area contributed by atoms with Crippen LogP contribution in [0.25, 0.3) is 0 Å². The zero-order valence-electron chi connectivity index (χ0n) is 5.10. The average molecular weight is 206 g/mol. The van der Waals surface area contributed by atoms with E-state index in [4.69, 9.17) is 5.73 Å². The van der Waals surface area contributed by atoms with Crippen LogP contribution in [-0.2, 0) is 0 Å². The van der Waals surface area contributed by atoms with Gasteiger partial charge in [0.05, 0.1) is 0 Å². The first-order valence-corrected chi connectivity index (χ1v) is 4.37. The molecule has 3 heteroatoms. The van der Waals surface area contributed by atoms with Crippen molar-refractivity contribution in [3.8, 4) is 0 Å². The Morgan fingerprint density at radius 3 is 2.67 bits per heavy atom. The van der Waals surface area contributed by atoms with Crippen molar-refractivity contribution in [3.05, 3.63) is 20.8 Å². The minimum Gasteiger partial charge on any atom is -0.324 e. The summed E-state index contributed by atoms with van der Waals surface area (Å²) in [7, 11) is 0. The molecule has 0 aliphatic carbocycles. The van der Waals surface area contributed by atoms with Crippen LogP contribution in [0.2, 0.25) is 0 Å². The second-order valence-corrected chi connectivity index (χ2v) is 3.81. The molecule has 1 nitrogen and oxygen atoms in total. The van der Waals surface area contributed by atoms with Crippen LogP contribution < -0.4 is 5.73 Å². The maximum Gasteiger partial charge on any atom is 0.0361 e. The summed E-state index contributed by atoms with van der Waals surface area (Å²) in [6.45, 7) is 1.98. The van der Waals surface area contributed by atoms with Crippen molar-refractivity contribution < 1.29 is 0 Å². The highest BCUT2D eigenvalue weighted by molar-refractivity contribution is 9.10. The molecule has 0 aliphatic heterocycles. The molecule has 1 atom stereocenters. The first-order chi connectivity index (χ1) is 4.20. The molecule has 0 aliphatic rings. The van der Waals surface area contributed by atoms with Crippen molar-refractivity contribution in [3.63, 3.8) is 0 Å². The summed E-state index contributed by atoms with van der Waals surface area (Å²) < 4.78 is 1.12. The van der Waals surface area contributed by atoms with E-state index in [2.05, 4.69) is 22.0 Å². The number of hydrogen-bond acceptors (Lipinski definition) is 2. The molecule has 50 valence electrons. The molecule has 1 aromatic heterocycles. The maximum atomic E-state index is 5.62. The van der Waals surface area contributed by atoms with Gasteiger partial charge in [-0.25, -0.2) is 0 Å². The van der Waals surface area contributed by atoms with Crippen LogP contribution in [0, 0.1) is 0 Å². The first kappa shape index (κ1) is 7.25. The average Bonchev–Trinajstić information content (AvgIpc) is 2.14. The maximum absolute atomic E-state index is 5.62. The molecule has 1 rings (SSSR count). The second-order valence-electron chi connectivity index (χ2n) is 1.96. The Balaban J connectivity index is 2.85. The van der Waals surface area contributed by atoms with Gasteiger partial charge in [0.1, 0.15) is 0 Å². The van der Waals surface area contributed by atoms with Crippen LogP contribution in [0.15, 0.2) is 15.9 Å². The number of rotatable bonds is 1. The molecule has 0 amide bonds. The van der Waals surface area contributed by atoms with Crippen molar-refractivity contribution in [1.29, 1.82) is 0 Å². The van der Waals surface area contributed by atoms with Gasteiger partial charge in [-0.1, -0.05) is 0 Å². The lowest BCUT2D eigenvalue weighted by Gasteiger charge is -1.96. The van der Waals surface area contributed by atoms with E-state index in [1.165, 1.54) is 4.88 Å². The Morgan fingerprint density at radius 2 is 2.44 bits per heavy atom. The fourth-order valence-corrected chi connectivity index (χ4v) is 1.97. The fraction of sp³-hybridized carbons (Fsp3) is 0.333. The Kier molecular flexibility index (Phi) is 2.27. The Bertz CT molecular complexity index is 195. The smallest absolute Gasteiger partial charge is 0.0361 e. The highest BCUT2D eigenvalue weighted by Crippen LogP contribution is 2.23. The molecule has 1 aromatic rings. The summed E-state index contributed by atoms with van der Waals surface area (Å²) in [5.74, 6) is 0. The monoisotopic (exact) mass is 205 g/mol. The van der Waals surface area contributed by atoms with Gasteiger partial charge in [-0.3, -0.25) is 0 Å². The van der Waals surface area contributed by atoms with Crippen molar-refractivity contribution in [2.75, 3.05) is 0 Å². The van der Waals surface area contributed by atoms with Gasteiger partial charge in [-0.15, -0.1) is 11.3 Å². The van der Waals surface area contributed by atoms with Crippen molar-refractivity contribution in [1.82, 2.24) is 0 Å². The van der Waals surface area contributed by atoms with E-state index in [0.717, 1.165) is 4.47 Å². The molecule has 0 bridgehead atoms. The third-order valence-electron chi connectivity index (χ3n) is 1.04. The van der Waals surface area contributed by atoms with E-state index < -0.39 is 0 Å². The molecule has 0 unspecified atom stereocenters. The van der Waals surface area contributed by atoms with Gasteiger partial charge in [0, 0.05) is 20.8 Å². The second kappa shape index (κ2) is 2.82. The molecular formula is C6H8BrNS. The van der Waals surface area contributed by atoms with Gasteiger partial charge >= 0.3 is 0 Å². The topological polar surface area (TPSA) is 26.0 Å². The van der Waals surface area contributed by atoms with Gasteiger partial charge < -0.3 is 5.73 Å². The van der Waals surface area contributed by atoms with Crippen LogP contribution in [0.3, 0.4) is 0 Å². The van der Waals surface area contributed by atoms with Gasteiger partial charge in [-0.2, -0.15) is 0 Å². The number of thiophene rings is 1. The summed E-state index contributed by atoms with van der Waals surface area (Å²) in [6.07, 6.45) is 0. The number of halogens is 1. The zero-order valence-corrected chi connectivity index (χ0v) is 7.50. The van der Waals surface area contributed by atoms with Gasteiger partial charge in [-0.05, 0) is 28.9 Å². The van der Waals surface area contributed by atoms with E-state index in [-0.39, 0.29) is 6.04 Å². The van der Waals surface area contributed by atoms with Gasteiger partial charge in [0.15, 0.2) is 0 Å². The zero-order chi connectivity index (χ0) is 6.85. The molecule has 0 saturated heterocycles. The summed E-state index contributed by atoms with van der Waals surface area (Å²) in [4.78, 5) is 1.22. The normalized spacial score (nSPS) is 13.7. The minimum absolute atomic E-state index is 0.168. The first-order valence-electron chi connectivity index (χ1n) is 2.69. The van der Waals surface area contributed by atoms with Gasteiger partial charge in [0.25, 0.3) is 0 Å². The fourth-order valence-electron chi connectivity index (χ4n) is 0.567. The predicted octanol–water partition coefficient (Wildman–Crippen LogP) is 2.53. The molecule has 2 N–H and O–H groups in total. The summed E-state index contributed by atoms with van der Waals surface area (Å²) in [5, 5.41) is 2.04. The summed E-state index contributed by atoms with van der Waals surface area (Å²) in [5.41, 5.74) is 5.62. The van der Waals surface area contributed by atoms with Crippen LogP contribution in [0.5, 0.6) is 0 Å². The third kappa shape index (κ3) is 1.78. The summed E-state index contributed by atoms with van der Waals surface area (Å²) >= 11 is 5.04. The molecule has 0 radical (unpaired) electrons. The highest BCUT2D eigenvalue weighted by Gasteiger charge is 2.00. The van der Waals surface area contributed by atoms with Crippen LogP contribution in [0.1, 0.15) is 17.8 Å². The van der Waals surface area contributed by atoms with E-state index in [1.54, 1.807) is 11.3 Å². The molecule has 0 aromatic carbocycles. The SMILES string of the molecule is C[C@H](N)c1cc(Br)cs1. The molecule has 0 spiro atoms. The lowest BCUT2D eigenvalue weighted by molar-refractivity contribution is 0.838. The molecule has 9 heavy (non-hydrogen) atoms. The Labute approximate surface area is 67.0 Å². The Morgan fingerprint density at radius 1 is 1.78 bits per heavy atom. The predicted molar refractivity (Wildman–Crippen MR) is 44.6 cm³/mol. The summed E-state index contributed by atoms with van der Waals surface area (Å²) in [6, 6.07) is 2.22. The van der Waals surface area contributed by atoms with Crippen molar-refractivity contribution in [2.24, 2.45) is 5.73 Å². The largest absolute Gasteiger partial charge is 0.324 e. The number of hydrogen-bond donors (Lipinski definition) is 1. The lowest BCUT2D eigenvalue weighted by Crippen LogP contribution is -2.01. The van der Waals surface area contributed by atoms with Crippen molar-refractivity contribution >= 4 is 27.3 Å². The minimum atomic E-state index is 0.168. The number of nitrogens with two attached hydrogens (primary N) is 1. The van der Waals surface area contributed by atoms with E-state index in [9.17, 15) is 0 Å². The van der Waals surface area contributed by atoms with Crippen LogP contribution >= 0.6 is 27.3 Å². The van der Waals surface area contributed by atoms with E-state index >= 15 is 0 Å². The van der Waals surface area contributed by atoms with Crippen LogP contribution in [-0.4, -0.2) is 0 Å². The van der Waals surface area contributed by atoms with Gasteiger partial charge in [0.2, 0.25) is 0 Å². The standard InChI is InChI=1S/C6H8BrNS/c1-4(8)6-2-5(7)3-9-6/h2-4H,8H2,1H3/t4-/m0/s1. The highest BCUT2D eigenvalue weighted by atomic mass is 79.9. The molecule has 1 heterocycles.